The quantitative estimate of drug-likeness (QED) is 0.922. The maximum atomic E-state index is 8.92. The first-order valence-corrected chi connectivity index (χ1v) is 7.14. The molecule has 2 nitrogen and oxygen atoms in total. The number of aryl methyl sites for hydroxylation is 1. The van der Waals surface area contributed by atoms with Gasteiger partial charge in [0.15, 0.2) is 0 Å². The summed E-state index contributed by atoms with van der Waals surface area (Å²) in [6, 6.07) is 19.3. The smallest absolute Gasteiger partial charge is 0.0991 e. The molecule has 0 radical (unpaired) electrons. The van der Waals surface area contributed by atoms with Gasteiger partial charge in [-0.25, -0.2) is 0 Å². The Bertz CT molecular complexity index is 640. The van der Waals surface area contributed by atoms with Crippen LogP contribution in [-0.2, 0) is 19.4 Å². The lowest BCUT2D eigenvalue weighted by atomic mass is 9.88. The normalized spacial score (nSPS) is 17.2. The summed E-state index contributed by atoms with van der Waals surface area (Å²) in [6.45, 7) is 0.836. The second kappa shape index (κ2) is 5.90. The average molecular weight is 262 g/mol. The summed E-state index contributed by atoms with van der Waals surface area (Å²) in [4.78, 5) is 0. The first-order chi connectivity index (χ1) is 9.85. The lowest BCUT2D eigenvalue weighted by Crippen LogP contribution is -2.34. The van der Waals surface area contributed by atoms with Crippen molar-refractivity contribution in [1.29, 1.82) is 5.26 Å². The number of hydrogen-bond donors (Lipinski definition) is 1. The van der Waals surface area contributed by atoms with Crippen molar-refractivity contribution >= 4 is 0 Å². The van der Waals surface area contributed by atoms with E-state index in [4.69, 9.17) is 5.26 Å². The SMILES string of the molecule is N#Cc1cccc(CNC2CCc3ccccc3C2)c1. The third-order valence-electron chi connectivity index (χ3n) is 4.00. The molecule has 1 N–H and O–H groups in total. The van der Waals surface area contributed by atoms with Gasteiger partial charge < -0.3 is 5.32 Å². The predicted octanol–water partition coefficient (Wildman–Crippen LogP) is 3.21. The third kappa shape index (κ3) is 2.89. The molecule has 2 heteroatoms. The predicted molar refractivity (Wildman–Crippen MR) is 80.3 cm³/mol. The van der Waals surface area contributed by atoms with Gasteiger partial charge >= 0.3 is 0 Å². The van der Waals surface area contributed by atoms with Gasteiger partial charge in [0, 0.05) is 12.6 Å². The van der Waals surface area contributed by atoms with Crippen LogP contribution in [0.25, 0.3) is 0 Å². The minimum atomic E-state index is 0.538. The molecule has 0 aromatic heterocycles. The first-order valence-electron chi connectivity index (χ1n) is 7.14. The van der Waals surface area contributed by atoms with Gasteiger partial charge in [-0.15, -0.1) is 0 Å². The topological polar surface area (TPSA) is 35.8 Å². The summed E-state index contributed by atoms with van der Waals surface area (Å²) in [7, 11) is 0. The Labute approximate surface area is 120 Å². The molecule has 2 aromatic rings. The zero-order valence-electron chi connectivity index (χ0n) is 11.5. The van der Waals surface area contributed by atoms with Crippen LogP contribution in [0.15, 0.2) is 48.5 Å². The summed E-state index contributed by atoms with van der Waals surface area (Å²) in [5.74, 6) is 0. The molecule has 0 bridgehead atoms. The molecule has 0 heterocycles. The molecule has 3 rings (SSSR count). The molecule has 100 valence electrons. The van der Waals surface area contributed by atoms with Gasteiger partial charge in [0.25, 0.3) is 0 Å². The lowest BCUT2D eigenvalue weighted by molar-refractivity contribution is 0.457. The Hall–Kier alpha value is -2.11. The van der Waals surface area contributed by atoms with Gasteiger partial charge in [-0.2, -0.15) is 5.26 Å². The Balaban J connectivity index is 1.61. The summed E-state index contributed by atoms with van der Waals surface area (Å²) in [5.41, 5.74) is 4.89. The third-order valence-corrected chi connectivity index (χ3v) is 4.00. The van der Waals surface area contributed by atoms with E-state index in [1.807, 2.05) is 18.2 Å². The van der Waals surface area contributed by atoms with Gasteiger partial charge in [-0.1, -0.05) is 36.4 Å². The van der Waals surface area contributed by atoms with Crippen molar-refractivity contribution < 1.29 is 0 Å². The Kier molecular flexibility index (Phi) is 3.80. The number of hydrogen-bond acceptors (Lipinski definition) is 2. The summed E-state index contributed by atoms with van der Waals surface area (Å²) in [5, 5.41) is 12.5. The van der Waals surface area contributed by atoms with Gasteiger partial charge in [-0.3, -0.25) is 0 Å². The van der Waals surface area contributed by atoms with Crippen LogP contribution >= 0.6 is 0 Å². The van der Waals surface area contributed by atoms with E-state index >= 15 is 0 Å². The zero-order valence-corrected chi connectivity index (χ0v) is 11.5. The van der Waals surface area contributed by atoms with Crippen molar-refractivity contribution in [3.8, 4) is 6.07 Å². The highest BCUT2D eigenvalue weighted by atomic mass is 14.9. The van der Waals surface area contributed by atoms with Crippen molar-refractivity contribution in [2.75, 3.05) is 0 Å². The second-order valence-corrected chi connectivity index (χ2v) is 5.40. The molecule has 1 atom stereocenters. The van der Waals surface area contributed by atoms with Crippen molar-refractivity contribution in [3.63, 3.8) is 0 Å². The van der Waals surface area contributed by atoms with Crippen LogP contribution in [0, 0.1) is 11.3 Å². The first kappa shape index (κ1) is 12.9. The van der Waals surface area contributed by atoms with Crippen LogP contribution in [-0.4, -0.2) is 6.04 Å². The molecule has 0 saturated heterocycles. The number of rotatable bonds is 3. The minimum Gasteiger partial charge on any atom is -0.310 e. The molecule has 0 aliphatic heterocycles. The zero-order chi connectivity index (χ0) is 13.8. The van der Waals surface area contributed by atoms with E-state index in [0.29, 0.717) is 6.04 Å². The molecular formula is C18H18N2. The van der Waals surface area contributed by atoms with Crippen molar-refractivity contribution in [2.45, 2.75) is 31.8 Å². The summed E-state index contributed by atoms with van der Waals surface area (Å²) < 4.78 is 0. The second-order valence-electron chi connectivity index (χ2n) is 5.40. The van der Waals surface area contributed by atoms with E-state index in [9.17, 15) is 0 Å². The number of benzene rings is 2. The van der Waals surface area contributed by atoms with Crippen molar-refractivity contribution in [2.24, 2.45) is 0 Å². The number of fused-ring (bicyclic) bond motifs is 1. The van der Waals surface area contributed by atoms with Crippen LogP contribution in [0.1, 0.15) is 28.7 Å². The van der Waals surface area contributed by atoms with Crippen LogP contribution < -0.4 is 5.32 Å². The fourth-order valence-electron chi connectivity index (χ4n) is 2.89. The maximum Gasteiger partial charge on any atom is 0.0991 e. The molecule has 1 aliphatic carbocycles. The van der Waals surface area contributed by atoms with E-state index < -0.39 is 0 Å². The summed E-state index contributed by atoms with van der Waals surface area (Å²) in [6.07, 6.45) is 3.45. The van der Waals surface area contributed by atoms with Crippen LogP contribution in [0.2, 0.25) is 0 Å². The largest absolute Gasteiger partial charge is 0.310 e. The molecule has 1 aliphatic rings. The Morgan fingerprint density at radius 2 is 1.95 bits per heavy atom. The molecular weight excluding hydrogens is 244 g/mol. The van der Waals surface area contributed by atoms with E-state index in [1.165, 1.54) is 23.1 Å². The Morgan fingerprint density at radius 3 is 2.80 bits per heavy atom. The highest BCUT2D eigenvalue weighted by Gasteiger charge is 2.17. The Morgan fingerprint density at radius 1 is 1.10 bits per heavy atom. The molecule has 1 unspecified atom stereocenters. The molecule has 0 amide bonds. The minimum absolute atomic E-state index is 0.538. The molecule has 0 saturated carbocycles. The summed E-state index contributed by atoms with van der Waals surface area (Å²) >= 11 is 0. The number of nitrogens with zero attached hydrogens (tertiary/aromatic N) is 1. The van der Waals surface area contributed by atoms with E-state index in [2.05, 4.69) is 41.7 Å². The van der Waals surface area contributed by atoms with Gasteiger partial charge in [0.1, 0.15) is 0 Å². The fourth-order valence-corrected chi connectivity index (χ4v) is 2.89. The van der Waals surface area contributed by atoms with Gasteiger partial charge in [0.2, 0.25) is 0 Å². The number of nitrogens with one attached hydrogen (secondary N) is 1. The molecule has 2 aromatic carbocycles. The van der Waals surface area contributed by atoms with Crippen LogP contribution in [0.4, 0.5) is 0 Å². The average Bonchev–Trinajstić information content (AvgIpc) is 2.53. The van der Waals surface area contributed by atoms with Crippen molar-refractivity contribution in [3.05, 3.63) is 70.8 Å². The monoisotopic (exact) mass is 262 g/mol. The van der Waals surface area contributed by atoms with Gasteiger partial charge in [-0.05, 0) is 48.1 Å². The molecule has 0 fully saturated rings. The van der Waals surface area contributed by atoms with E-state index in [-0.39, 0.29) is 0 Å². The highest BCUT2D eigenvalue weighted by molar-refractivity contribution is 5.33. The maximum absolute atomic E-state index is 8.92. The van der Waals surface area contributed by atoms with E-state index in [1.54, 1.807) is 0 Å². The van der Waals surface area contributed by atoms with Crippen molar-refractivity contribution in [1.82, 2.24) is 5.32 Å². The van der Waals surface area contributed by atoms with Crippen LogP contribution in [0.3, 0.4) is 0 Å². The van der Waals surface area contributed by atoms with Crippen LogP contribution in [0.5, 0.6) is 0 Å². The standard InChI is InChI=1S/C18H18N2/c19-12-14-4-3-5-15(10-14)13-20-18-9-8-16-6-1-2-7-17(16)11-18/h1-7,10,18,20H,8-9,11,13H2. The molecule has 0 spiro atoms. The lowest BCUT2D eigenvalue weighted by Gasteiger charge is -2.25. The fraction of sp³-hybridized carbons (Fsp3) is 0.278. The number of nitriles is 1. The molecule has 20 heavy (non-hydrogen) atoms. The van der Waals surface area contributed by atoms with E-state index in [0.717, 1.165) is 24.9 Å². The van der Waals surface area contributed by atoms with Gasteiger partial charge in [0.05, 0.1) is 11.6 Å². The highest BCUT2D eigenvalue weighted by Crippen LogP contribution is 2.21.